The Labute approximate surface area is 162 Å². The zero-order valence-corrected chi connectivity index (χ0v) is 17.2. The number of aliphatic hydroxyl groups excluding tert-OH is 2. The van der Waals surface area contributed by atoms with Gasteiger partial charge in [-0.05, 0) is 25.7 Å². The normalized spacial score (nSPS) is 28.2. The molecular formula is C20H38O5S. The van der Waals surface area contributed by atoms with Gasteiger partial charge in [-0.2, -0.15) is 11.8 Å². The van der Waals surface area contributed by atoms with Gasteiger partial charge in [-0.25, -0.2) is 0 Å². The highest BCUT2D eigenvalue weighted by atomic mass is 32.2. The predicted octanol–water partition coefficient (Wildman–Crippen LogP) is 3.59. The van der Waals surface area contributed by atoms with Crippen molar-refractivity contribution >= 4 is 17.7 Å². The molecule has 1 rings (SSSR count). The number of aliphatic hydroxyl groups is 3. The van der Waals surface area contributed by atoms with Crippen molar-refractivity contribution in [1.82, 2.24) is 0 Å². The minimum atomic E-state index is -0.817. The standard InChI is InChI=1S/C20H38O5S/c1-3-4-6-10-16(21)14-26-18-13-20(25,12-17(18)22)11-8-5-7-9-15(2)19(23)24/h15-18,21-22,25H,3-14H2,1-2H3,(H,23,24). The van der Waals surface area contributed by atoms with E-state index in [0.717, 1.165) is 44.9 Å². The molecule has 0 aromatic rings. The molecule has 1 aliphatic rings. The molecular weight excluding hydrogens is 352 g/mol. The summed E-state index contributed by atoms with van der Waals surface area (Å²) in [6.07, 6.45) is 8.20. The second kappa shape index (κ2) is 12.2. The number of carboxylic acid groups (broad SMARTS) is 1. The number of carbonyl (C=O) groups is 1. The molecule has 154 valence electrons. The number of rotatable bonds is 14. The number of thioether (sulfide) groups is 1. The third kappa shape index (κ3) is 9.07. The third-order valence-corrected chi connectivity index (χ3v) is 6.93. The molecule has 1 fully saturated rings. The van der Waals surface area contributed by atoms with Crippen LogP contribution in [0, 0.1) is 5.92 Å². The van der Waals surface area contributed by atoms with Gasteiger partial charge in [0.25, 0.3) is 0 Å². The first-order valence-electron chi connectivity index (χ1n) is 10.2. The molecule has 4 N–H and O–H groups in total. The fourth-order valence-corrected chi connectivity index (χ4v) is 5.02. The Kier molecular flexibility index (Phi) is 11.2. The fraction of sp³-hybridized carbons (Fsp3) is 0.950. The maximum Gasteiger partial charge on any atom is 0.306 e. The second-order valence-electron chi connectivity index (χ2n) is 8.06. The molecule has 5 nitrogen and oxygen atoms in total. The first-order valence-corrected chi connectivity index (χ1v) is 11.2. The Hall–Kier alpha value is -0.300. The van der Waals surface area contributed by atoms with Gasteiger partial charge in [-0.15, -0.1) is 0 Å². The number of hydrogen-bond acceptors (Lipinski definition) is 5. The smallest absolute Gasteiger partial charge is 0.306 e. The van der Waals surface area contributed by atoms with Crippen molar-refractivity contribution in [2.75, 3.05) is 5.75 Å². The Balaban J connectivity index is 2.22. The molecule has 0 aromatic heterocycles. The average Bonchev–Trinajstić information content (AvgIpc) is 2.86. The van der Waals surface area contributed by atoms with Gasteiger partial charge in [-0.1, -0.05) is 52.4 Å². The average molecular weight is 391 g/mol. The first-order chi connectivity index (χ1) is 12.3. The van der Waals surface area contributed by atoms with Crippen LogP contribution in [0.5, 0.6) is 0 Å². The minimum Gasteiger partial charge on any atom is -0.481 e. The van der Waals surface area contributed by atoms with Crippen LogP contribution in [0.3, 0.4) is 0 Å². The quantitative estimate of drug-likeness (QED) is 0.338. The molecule has 26 heavy (non-hydrogen) atoms. The topological polar surface area (TPSA) is 98.0 Å². The van der Waals surface area contributed by atoms with Gasteiger partial charge >= 0.3 is 5.97 Å². The summed E-state index contributed by atoms with van der Waals surface area (Å²) in [5.74, 6) is -0.440. The van der Waals surface area contributed by atoms with E-state index in [0.29, 0.717) is 31.4 Å². The van der Waals surface area contributed by atoms with Gasteiger partial charge in [0, 0.05) is 17.4 Å². The minimum absolute atomic E-state index is 0.00661. The molecule has 0 aliphatic heterocycles. The molecule has 0 spiro atoms. The van der Waals surface area contributed by atoms with E-state index >= 15 is 0 Å². The molecule has 1 saturated carbocycles. The van der Waals surface area contributed by atoms with Crippen LogP contribution in [0.15, 0.2) is 0 Å². The van der Waals surface area contributed by atoms with Crippen LogP contribution >= 0.6 is 11.8 Å². The van der Waals surface area contributed by atoms with Gasteiger partial charge in [0.15, 0.2) is 0 Å². The number of unbranched alkanes of at least 4 members (excludes halogenated alkanes) is 4. The van der Waals surface area contributed by atoms with Crippen LogP contribution in [-0.4, -0.2) is 55.2 Å². The van der Waals surface area contributed by atoms with Crippen LogP contribution in [0.1, 0.15) is 84.5 Å². The molecule has 0 aromatic carbocycles. The third-order valence-electron chi connectivity index (χ3n) is 5.44. The molecule has 5 unspecified atom stereocenters. The SMILES string of the molecule is CCCCCC(O)CSC1CC(O)(CCCCCC(C)C(=O)O)CC1O. The summed E-state index contributed by atoms with van der Waals surface area (Å²) in [6.45, 7) is 3.87. The van der Waals surface area contributed by atoms with E-state index in [4.69, 9.17) is 5.11 Å². The zero-order chi connectivity index (χ0) is 19.6. The van der Waals surface area contributed by atoms with E-state index in [1.807, 2.05) is 0 Å². The predicted molar refractivity (Wildman–Crippen MR) is 106 cm³/mol. The second-order valence-corrected chi connectivity index (χ2v) is 9.33. The Morgan fingerprint density at radius 2 is 1.85 bits per heavy atom. The van der Waals surface area contributed by atoms with Crippen molar-refractivity contribution in [3.8, 4) is 0 Å². The lowest BCUT2D eigenvalue weighted by molar-refractivity contribution is -0.141. The highest BCUT2D eigenvalue weighted by Crippen LogP contribution is 2.40. The molecule has 0 radical (unpaired) electrons. The van der Waals surface area contributed by atoms with Gasteiger partial charge in [-0.3, -0.25) is 4.79 Å². The largest absolute Gasteiger partial charge is 0.481 e. The molecule has 5 atom stereocenters. The maximum atomic E-state index is 10.8. The van der Waals surface area contributed by atoms with Crippen molar-refractivity contribution < 1.29 is 25.2 Å². The Morgan fingerprint density at radius 3 is 2.50 bits per heavy atom. The lowest BCUT2D eigenvalue weighted by atomic mass is 9.93. The molecule has 0 saturated heterocycles. The molecule has 0 amide bonds. The number of hydrogen-bond donors (Lipinski definition) is 4. The number of aliphatic carboxylic acids is 1. The van der Waals surface area contributed by atoms with Crippen molar-refractivity contribution in [2.45, 2.75) is 108 Å². The van der Waals surface area contributed by atoms with Crippen LogP contribution in [0.4, 0.5) is 0 Å². The highest BCUT2D eigenvalue weighted by Gasteiger charge is 2.43. The van der Waals surface area contributed by atoms with Gasteiger partial charge < -0.3 is 20.4 Å². The summed E-state index contributed by atoms with van der Waals surface area (Å²) in [7, 11) is 0. The summed E-state index contributed by atoms with van der Waals surface area (Å²) < 4.78 is 0. The van der Waals surface area contributed by atoms with Crippen LogP contribution in [0.2, 0.25) is 0 Å². The fourth-order valence-electron chi connectivity index (χ4n) is 3.64. The lowest BCUT2D eigenvalue weighted by Crippen LogP contribution is -2.25. The monoisotopic (exact) mass is 390 g/mol. The first kappa shape index (κ1) is 23.7. The van der Waals surface area contributed by atoms with Crippen molar-refractivity contribution in [2.24, 2.45) is 5.92 Å². The summed E-state index contributed by atoms with van der Waals surface area (Å²) in [6, 6.07) is 0. The van der Waals surface area contributed by atoms with Crippen LogP contribution in [-0.2, 0) is 4.79 Å². The summed E-state index contributed by atoms with van der Waals surface area (Å²) in [5.41, 5.74) is -0.817. The maximum absolute atomic E-state index is 10.8. The molecule has 6 heteroatoms. The van der Waals surface area contributed by atoms with Gasteiger partial charge in [0.05, 0.1) is 23.7 Å². The molecule has 0 heterocycles. The Bertz CT molecular complexity index is 406. The van der Waals surface area contributed by atoms with Crippen LogP contribution < -0.4 is 0 Å². The Morgan fingerprint density at radius 1 is 1.15 bits per heavy atom. The van der Waals surface area contributed by atoms with Crippen LogP contribution in [0.25, 0.3) is 0 Å². The molecule has 0 bridgehead atoms. The van der Waals surface area contributed by atoms with E-state index in [-0.39, 0.29) is 17.3 Å². The van der Waals surface area contributed by atoms with E-state index < -0.39 is 17.7 Å². The van der Waals surface area contributed by atoms with Crippen molar-refractivity contribution in [3.05, 3.63) is 0 Å². The summed E-state index contributed by atoms with van der Waals surface area (Å²) in [5, 5.41) is 39.9. The van der Waals surface area contributed by atoms with E-state index in [9.17, 15) is 20.1 Å². The van der Waals surface area contributed by atoms with Gasteiger partial charge in [0.1, 0.15) is 0 Å². The van der Waals surface area contributed by atoms with E-state index in [2.05, 4.69) is 6.92 Å². The van der Waals surface area contributed by atoms with E-state index in [1.165, 1.54) is 0 Å². The summed E-state index contributed by atoms with van der Waals surface area (Å²) in [4.78, 5) is 10.8. The zero-order valence-electron chi connectivity index (χ0n) is 16.4. The van der Waals surface area contributed by atoms with Crippen molar-refractivity contribution in [1.29, 1.82) is 0 Å². The summed E-state index contributed by atoms with van der Waals surface area (Å²) >= 11 is 1.59. The number of carboxylic acids is 1. The van der Waals surface area contributed by atoms with E-state index in [1.54, 1.807) is 18.7 Å². The van der Waals surface area contributed by atoms with Gasteiger partial charge in [0.2, 0.25) is 0 Å². The molecule has 1 aliphatic carbocycles. The lowest BCUT2D eigenvalue weighted by Gasteiger charge is -2.22. The highest BCUT2D eigenvalue weighted by molar-refractivity contribution is 8.00. The van der Waals surface area contributed by atoms with Crippen molar-refractivity contribution in [3.63, 3.8) is 0 Å².